The Balaban J connectivity index is 1.62. The zero-order chi connectivity index (χ0) is 14.2. The lowest BCUT2D eigenvalue weighted by molar-refractivity contribution is 0.471. The summed E-state index contributed by atoms with van der Waals surface area (Å²) in [5.74, 6) is 0.372. The van der Waals surface area contributed by atoms with Gasteiger partial charge in [-0.05, 0) is 85.0 Å². The maximum atomic E-state index is 9.77. The summed E-state index contributed by atoms with van der Waals surface area (Å²) in [6, 6.07) is 12.9. The minimum atomic E-state index is 0.320. The monoisotopic (exact) mass is 279 g/mol. The van der Waals surface area contributed by atoms with E-state index >= 15 is 0 Å². The highest BCUT2D eigenvalue weighted by atomic mass is 16.3. The van der Waals surface area contributed by atoms with Crippen molar-refractivity contribution in [2.75, 3.05) is 5.32 Å². The minimum absolute atomic E-state index is 0.320. The van der Waals surface area contributed by atoms with Crippen LogP contribution in [0.4, 0.5) is 5.69 Å². The number of benzene rings is 2. The molecule has 2 N–H and O–H groups in total. The van der Waals surface area contributed by atoms with Gasteiger partial charge in [-0.2, -0.15) is 0 Å². The van der Waals surface area contributed by atoms with Crippen LogP contribution in [0.2, 0.25) is 0 Å². The molecule has 1 atom stereocenters. The number of hydrogen-bond donors (Lipinski definition) is 2. The van der Waals surface area contributed by atoms with Gasteiger partial charge in [0.25, 0.3) is 0 Å². The molecule has 0 fully saturated rings. The van der Waals surface area contributed by atoms with Gasteiger partial charge in [0, 0.05) is 5.69 Å². The van der Waals surface area contributed by atoms with Crippen molar-refractivity contribution < 1.29 is 5.11 Å². The molecule has 0 bridgehead atoms. The smallest absolute Gasteiger partial charge is 0.115 e. The van der Waals surface area contributed by atoms with E-state index in [0.29, 0.717) is 11.8 Å². The standard InChI is InChI=1S/C19H21NO/c21-17-10-8-14-4-2-6-19(18(14)12-17)20-16-9-7-13-3-1-5-15(13)11-16/h7-12,19-21H,1-6H2. The van der Waals surface area contributed by atoms with E-state index in [4.69, 9.17) is 0 Å². The summed E-state index contributed by atoms with van der Waals surface area (Å²) in [6.07, 6.45) is 7.20. The molecule has 0 aliphatic heterocycles. The molecule has 2 aliphatic rings. The van der Waals surface area contributed by atoms with Crippen LogP contribution in [-0.2, 0) is 19.3 Å². The van der Waals surface area contributed by atoms with E-state index in [9.17, 15) is 5.11 Å². The molecule has 4 rings (SSSR count). The van der Waals surface area contributed by atoms with Crippen molar-refractivity contribution in [3.8, 4) is 5.75 Å². The minimum Gasteiger partial charge on any atom is -0.508 e. The van der Waals surface area contributed by atoms with Gasteiger partial charge in [-0.1, -0.05) is 12.1 Å². The largest absolute Gasteiger partial charge is 0.508 e. The Kier molecular flexibility index (Phi) is 3.10. The van der Waals surface area contributed by atoms with Crippen molar-refractivity contribution in [1.82, 2.24) is 0 Å². The topological polar surface area (TPSA) is 32.3 Å². The van der Waals surface area contributed by atoms with Gasteiger partial charge in [0.1, 0.15) is 5.75 Å². The van der Waals surface area contributed by atoms with E-state index in [-0.39, 0.29) is 0 Å². The Morgan fingerprint density at radius 3 is 2.62 bits per heavy atom. The van der Waals surface area contributed by atoms with Gasteiger partial charge >= 0.3 is 0 Å². The Morgan fingerprint density at radius 2 is 1.67 bits per heavy atom. The van der Waals surface area contributed by atoms with Crippen molar-refractivity contribution in [1.29, 1.82) is 0 Å². The zero-order valence-electron chi connectivity index (χ0n) is 12.2. The van der Waals surface area contributed by atoms with E-state index in [1.54, 1.807) is 6.07 Å². The van der Waals surface area contributed by atoms with Gasteiger partial charge in [0.05, 0.1) is 6.04 Å². The fourth-order valence-corrected chi connectivity index (χ4v) is 3.80. The molecule has 0 amide bonds. The van der Waals surface area contributed by atoms with Gasteiger partial charge in [-0.25, -0.2) is 0 Å². The Morgan fingerprint density at radius 1 is 0.857 bits per heavy atom. The Hall–Kier alpha value is -1.96. The highest BCUT2D eigenvalue weighted by molar-refractivity contribution is 5.53. The van der Waals surface area contributed by atoms with Crippen molar-refractivity contribution >= 4 is 5.69 Å². The van der Waals surface area contributed by atoms with Gasteiger partial charge < -0.3 is 10.4 Å². The quantitative estimate of drug-likeness (QED) is 0.855. The number of phenols is 1. The molecular formula is C19H21NO. The molecule has 2 aromatic carbocycles. The third-order valence-electron chi connectivity index (χ3n) is 4.88. The summed E-state index contributed by atoms with van der Waals surface area (Å²) >= 11 is 0. The molecule has 2 aromatic rings. The lowest BCUT2D eigenvalue weighted by Gasteiger charge is -2.27. The molecule has 2 heteroatoms. The highest BCUT2D eigenvalue weighted by Crippen LogP contribution is 2.35. The number of aromatic hydroxyl groups is 1. The maximum absolute atomic E-state index is 9.77. The number of fused-ring (bicyclic) bond motifs is 2. The second-order valence-electron chi connectivity index (χ2n) is 6.31. The number of nitrogens with one attached hydrogen (secondary N) is 1. The van der Waals surface area contributed by atoms with Crippen LogP contribution in [-0.4, -0.2) is 5.11 Å². The lowest BCUT2D eigenvalue weighted by Crippen LogP contribution is -2.17. The molecule has 2 nitrogen and oxygen atoms in total. The average molecular weight is 279 g/mol. The fourth-order valence-electron chi connectivity index (χ4n) is 3.80. The fraction of sp³-hybridized carbons (Fsp3) is 0.368. The van der Waals surface area contributed by atoms with Crippen LogP contribution in [0.25, 0.3) is 0 Å². The summed E-state index contributed by atoms with van der Waals surface area (Å²) in [4.78, 5) is 0. The summed E-state index contributed by atoms with van der Waals surface area (Å²) in [5, 5.41) is 13.5. The molecule has 0 radical (unpaired) electrons. The number of aryl methyl sites for hydroxylation is 3. The molecule has 0 aromatic heterocycles. The first-order chi connectivity index (χ1) is 10.3. The highest BCUT2D eigenvalue weighted by Gasteiger charge is 2.21. The summed E-state index contributed by atoms with van der Waals surface area (Å²) in [7, 11) is 0. The van der Waals surface area contributed by atoms with E-state index in [1.807, 2.05) is 6.07 Å². The first-order valence-corrected chi connectivity index (χ1v) is 8.00. The van der Waals surface area contributed by atoms with Crippen LogP contribution in [0.5, 0.6) is 5.75 Å². The molecule has 21 heavy (non-hydrogen) atoms. The number of phenolic OH excluding ortho intramolecular Hbond substituents is 1. The molecule has 0 spiro atoms. The molecule has 0 saturated heterocycles. The molecule has 1 unspecified atom stereocenters. The number of anilines is 1. The van der Waals surface area contributed by atoms with Crippen molar-refractivity contribution in [3.63, 3.8) is 0 Å². The van der Waals surface area contributed by atoms with Gasteiger partial charge in [0.15, 0.2) is 0 Å². The predicted octanol–water partition coefficient (Wildman–Crippen LogP) is 4.37. The normalized spacial score (nSPS) is 19.9. The molecule has 0 saturated carbocycles. The van der Waals surface area contributed by atoms with Gasteiger partial charge in [-0.15, -0.1) is 0 Å². The predicted molar refractivity (Wildman–Crippen MR) is 85.9 cm³/mol. The third kappa shape index (κ3) is 2.39. The van der Waals surface area contributed by atoms with Crippen molar-refractivity contribution in [2.24, 2.45) is 0 Å². The lowest BCUT2D eigenvalue weighted by atomic mass is 9.87. The SMILES string of the molecule is Oc1ccc2c(c1)C(Nc1ccc3c(c1)CCC3)CCC2. The first-order valence-electron chi connectivity index (χ1n) is 8.00. The summed E-state index contributed by atoms with van der Waals surface area (Å²) < 4.78 is 0. The third-order valence-corrected chi connectivity index (χ3v) is 4.88. The van der Waals surface area contributed by atoms with E-state index < -0.39 is 0 Å². The Labute approximate surface area is 125 Å². The van der Waals surface area contributed by atoms with Gasteiger partial charge in [-0.3, -0.25) is 0 Å². The van der Waals surface area contributed by atoms with E-state index in [2.05, 4.69) is 29.6 Å². The zero-order valence-corrected chi connectivity index (χ0v) is 12.2. The van der Waals surface area contributed by atoms with Crippen LogP contribution in [0.15, 0.2) is 36.4 Å². The summed E-state index contributed by atoms with van der Waals surface area (Å²) in [5.41, 5.74) is 6.88. The molecular weight excluding hydrogens is 258 g/mol. The van der Waals surface area contributed by atoms with Crippen LogP contribution in [0.1, 0.15) is 47.6 Å². The van der Waals surface area contributed by atoms with Crippen LogP contribution < -0.4 is 5.32 Å². The van der Waals surface area contributed by atoms with E-state index in [0.717, 1.165) is 12.8 Å². The maximum Gasteiger partial charge on any atom is 0.115 e. The van der Waals surface area contributed by atoms with Crippen LogP contribution in [0, 0.1) is 0 Å². The van der Waals surface area contributed by atoms with Crippen LogP contribution in [0.3, 0.4) is 0 Å². The molecule has 0 heterocycles. The van der Waals surface area contributed by atoms with Crippen LogP contribution >= 0.6 is 0 Å². The second-order valence-corrected chi connectivity index (χ2v) is 6.31. The average Bonchev–Trinajstić information content (AvgIpc) is 2.95. The molecule has 108 valence electrons. The van der Waals surface area contributed by atoms with Crippen molar-refractivity contribution in [3.05, 3.63) is 58.7 Å². The van der Waals surface area contributed by atoms with Crippen molar-refractivity contribution in [2.45, 2.75) is 44.6 Å². The van der Waals surface area contributed by atoms with E-state index in [1.165, 1.54) is 53.6 Å². The second kappa shape index (κ2) is 5.10. The Bertz CT molecular complexity index is 677. The first kappa shape index (κ1) is 12.8. The molecule has 2 aliphatic carbocycles. The van der Waals surface area contributed by atoms with Gasteiger partial charge in [0.2, 0.25) is 0 Å². The number of rotatable bonds is 2. The summed E-state index contributed by atoms with van der Waals surface area (Å²) in [6.45, 7) is 0. The number of hydrogen-bond acceptors (Lipinski definition) is 2.